The average Bonchev–Trinajstić information content (AvgIpc) is 3.02. The molecular formula is C22H23Cl2N5O2. The lowest BCUT2D eigenvalue weighted by Crippen LogP contribution is -2.35. The van der Waals surface area contributed by atoms with Gasteiger partial charge in [0.25, 0.3) is 0 Å². The molecule has 9 heteroatoms. The smallest absolute Gasteiger partial charge is 0.326 e. The molecule has 2 aromatic carbocycles. The molecule has 3 aromatic rings. The number of halogens is 2. The van der Waals surface area contributed by atoms with E-state index >= 15 is 0 Å². The Bertz CT molecular complexity index is 1060. The van der Waals surface area contributed by atoms with Crippen molar-refractivity contribution in [2.75, 3.05) is 17.3 Å². The Labute approximate surface area is 190 Å². The van der Waals surface area contributed by atoms with E-state index < -0.39 is 0 Å². The predicted molar refractivity (Wildman–Crippen MR) is 122 cm³/mol. The van der Waals surface area contributed by atoms with Crippen molar-refractivity contribution in [2.45, 2.75) is 38.8 Å². The number of anilines is 2. The van der Waals surface area contributed by atoms with Crippen LogP contribution in [0.25, 0.3) is 0 Å². The maximum Gasteiger partial charge on any atom is 0.326 e. The van der Waals surface area contributed by atoms with Crippen LogP contribution in [0, 0.1) is 0 Å². The summed E-state index contributed by atoms with van der Waals surface area (Å²) in [6, 6.07) is 11.9. The third-order valence-electron chi connectivity index (χ3n) is 5.15. The lowest BCUT2D eigenvalue weighted by Gasteiger charge is -2.24. The number of aryl methyl sites for hydroxylation is 2. The van der Waals surface area contributed by atoms with Crippen molar-refractivity contribution in [3.63, 3.8) is 0 Å². The molecule has 2 amide bonds. The van der Waals surface area contributed by atoms with Gasteiger partial charge in [0, 0.05) is 18.7 Å². The lowest BCUT2D eigenvalue weighted by atomic mass is 10.2. The van der Waals surface area contributed by atoms with Crippen LogP contribution in [0.3, 0.4) is 0 Å². The third-order valence-corrected chi connectivity index (χ3v) is 5.89. The maximum atomic E-state index is 13.3. The van der Waals surface area contributed by atoms with Crippen LogP contribution in [-0.2, 0) is 19.5 Å². The zero-order valence-corrected chi connectivity index (χ0v) is 18.7. The zero-order valence-electron chi connectivity index (χ0n) is 17.1. The Morgan fingerprint density at radius 3 is 2.81 bits per heavy atom. The second-order valence-corrected chi connectivity index (χ2v) is 8.11. The highest BCUT2D eigenvalue weighted by atomic mass is 35.5. The molecule has 0 aliphatic carbocycles. The molecular weight excluding hydrogens is 437 g/mol. The highest BCUT2D eigenvalue weighted by Gasteiger charge is 2.23. The highest BCUT2D eigenvalue weighted by Crippen LogP contribution is 2.30. The fourth-order valence-corrected chi connectivity index (χ4v) is 3.90. The molecule has 1 aliphatic rings. The van der Waals surface area contributed by atoms with Crippen LogP contribution in [0.5, 0.6) is 5.75 Å². The fraction of sp³-hybridized carbons (Fsp3) is 0.318. The number of urea groups is 1. The van der Waals surface area contributed by atoms with E-state index in [1.807, 2.05) is 28.9 Å². The van der Waals surface area contributed by atoms with E-state index in [-0.39, 0.29) is 12.6 Å². The number of benzene rings is 2. The standard InChI is InChI=1S/C22H23Cl2N5O2/c1-31-19-8-5-4-7-18(19)28(22(30)25-15-10-11-16(23)17(24)13-15)14-20-26-21-9-3-2-6-12-29(21)27-20/h4-5,7-8,10-11,13H,2-3,6,9,12,14H2,1H3,(H,25,30). The number of para-hydroxylation sites is 2. The SMILES string of the molecule is COc1ccccc1N(Cc1nc2n(n1)CCCCC2)C(=O)Nc1ccc(Cl)c(Cl)c1. The van der Waals surface area contributed by atoms with E-state index in [2.05, 4.69) is 10.4 Å². The van der Waals surface area contributed by atoms with Crippen LogP contribution in [-0.4, -0.2) is 27.9 Å². The Morgan fingerprint density at radius 2 is 2.00 bits per heavy atom. The normalized spacial score (nSPS) is 13.3. The first-order valence-electron chi connectivity index (χ1n) is 10.1. The molecule has 1 aliphatic heterocycles. The van der Waals surface area contributed by atoms with Crippen LogP contribution in [0.1, 0.15) is 30.9 Å². The van der Waals surface area contributed by atoms with Crippen molar-refractivity contribution in [2.24, 2.45) is 0 Å². The minimum Gasteiger partial charge on any atom is -0.495 e. The Kier molecular flexibility index (Phi) is 6.63. The molecule has 1 N–H and O–H groups in total. The van der Waals surface area contributed by atoms with Crippen LogP contribution in [0.15, 0.2) is 42.5 Å². The third kappa shape index (κ3) is 4.94. The van der Waals surface area contributed by atoms with Gasteiger partial charge in [0.1, 0.15) is 11.6 Å². The van der Waals surface area contributed by atoms with Gasteiger partial charge in [0.05, 0.1) is 29.4 Å². The summed E-state index contributed by atoms with van der Waals surface area (Å²) in [6.45, 7) is 1.06. The van der Waals surface area contributed by atoms with Gasteiger partial charge < -0.3 is 10.1 Å². The Morgan fingerprint density at radius 1 is 1.16 bits per heavy atom. The number of carbonyl (C=O) groups is 1. The molecule has 31 heavy (non-hydrogen) atoms. The Balaban J connectivity index is 1.64. The first-order chi connectivity index (χ1) is 15.0. The number of hydrogen-bond donors (Lipinski definition) is 1. The summed E-state index contributed by atoms with van der Waals surface area (Å²) in [6.07, 6.45) is 4.27. The van der Waals surface area contributed by atoms with Crippen molar-refractivity contribution in [1.82, 2.24) is 14.8 Å². The van der Waals surface area contributed by atoms with Crippen molar-refractivity contribution < 1.29 is 9.53 Å². The van der Waals surface area contributed by atoms with E-state index in [4.69, 9.17) is 32.9 Å². The van der Waals surface area contributed by atoms with Crippen LogP contribution >= 0.6 is 23.2 Å². The molecule has 4 rings (SSSR count). The molecule has 2 heterocycles. The average molecular weight is 460 g/mol. The van der Waals surface area contributed by atoms with Gasteiger partial charge in [-0.2, -0.15) is 5.10 Å². The lowest BCUT2D eigenvalue weighted by molar-refractivity contribution is 0.256. The number of nitrogens with one attached hydrogen (secondary N) is 1. The van der Waals surface area contributed by atoms with Gasteiger partial charge in [-0.1, -0.05) is 41.8 Å². The number of ether oxygens (including phenoxy) is 1. The zero-order chi connectivity index (χ0) is 21.8. The van der Waals surface area contributed by atoms with Gasteiger partial charge in [0.15, 0.2) is 5.82 Å². The molecule has 0 bridgehead atoms. The topological polar surface area (TPSA) is 72.3 Å². The van der Waals surface area contributed by atoms with Gasteiger partial charge in [-0.25, -0.2) is 14.5 Å². The molecule has 162 valence electrons. The number of fused-ring (bicyclic) bond motifs is 1. The van der Waals surface area contributed by atoms with E-state index in [9.17, 15) is 4.79 Å². The van der Waals surface area contributed by atoms with Crippen LogP contribution in [0.2, 0.25) is 10.0 Å². The van der Waals surface area contributed by atoms with E-state index in [1.165, 1.54) is 6.42 Å². The van der Waals surface area contributed by atoms with Gasteiger partial charge in [-0.05, 0) is 43.2 Å². The summed E-state index contributed by atoms with van der Waals surface area (Å²) < 4.78 is 7.45. The van der Waals surface area contributed by atoms with E-state index in [0.717, 1.165) is 31.6 Å². The monoisotopic (exact) mass is 459 g/mol. The second kappa shape index (κ2) is 9.58. The summed E-state index contributed by atoms with van der Waals surface area (Å²) in [4.78, 5) is 19.6. The van der Waals surface area contributed by atoms with Crippen molar-refractivity contribution in [3.05, 3.63) is 64.2 Å². The first-order valence-corrected chi connectivity index (χ1v) is 10.9. The molecule has 7 nitrogen and oxygen atoms in total. The Hall–Kier alpha value is -2.77. The number of nitrogens with zero attached hydrogens (tertiary/aromatic N) is 4. The molecule has 1 aromatic heterocycles. The number of carbonyl (C=O) groups excluding carboxylic acids is 1. The molecule has 0 radical (unpaired) electrons. The highest BCUT2D eigenvalue weighted by molar-refractivity contribution is 6.42. The molecule has 0 saturated heterocycles. The first kappa shape index (κ1) is 21.5. The largest absolute Gasteiger partial charge is 0.495 e. The maximum absolute atomic E-state index is 13.3. The predicted octanol–water partition coefficient (Wildman–Crippen LogP) is 5.56. The minimum atomic E-state index is -0.354. The van der Waals surface area contributed by atoms with E-state index in [1.54, 1.807) is 30.2 Å². The van der Waals surface area contributed by atoms with Gasteiger partial charge in [0.2, 0.25) is 0 Å². The molecule has 0 unspecified atom stereocenters. The summed E-state index contributed by atoms with van der Waals surface area (Å²) in [5.41, 5.74) is 1.15. The summed E-state index contributed by atoms with van der Waals surface area (Å²) in [5.74, 6) is 2.14. The second-order valence-electron chi connectivity index (χ2n) is 7.30. The quantitative estimate of drug-likeness (QED) is 0.541. The number of aromatic nitrogens is 3. The number of amides is 2. The molecule has 0 fully saturated rings. The van der Waals surface area contributed by atoms with Crippen LogP contribution < -0.4 is 15.0 Å². The summed E-state index contributed by atoms with van der Waals surface area (Å²) in [7, 11) is 1.57. The summed E-state index contributed by atoms with van der Waals surface area (Å²) >= 11 is 12.1. The van der Waals surface area contributed by atoms with Gasteiger partial charge in [-0.15, -0.1) is 0 Å². The molecule has 0 atom stereocenters. The van der Waals surface area contributed by atoms with Gasteiger partial charge in [-0.3, -0.25) is 4.90 Å². The van der Waals surface area contributed by atoms with Crippen molar-refractivity contribution in [3.8, 4) is 5.75 Å². The van der Waals surface area contributed by atoms with Crippen molar-refractivity contribution in [1.29, 1.82) is 0 Å². The minimum absolute atomic E-state index is 0.202. The van der Waals surface area contributed by atoms with Crippen LogP contribution in [0.4, 0.5) is 16.2 Å². The van der Waals surface area contributed by atoms with Gasteiger partial charge >= 0.3 is 6.03 Å². The molecule has 0 spiro atoms. The fourth-order valence-electron chi connectivity index (χ4n) is 3.60. The number of hydrogen-bond acceptors (Lipinski definition) is 4. The van der Waals surface area contributed by atoms with Crippen molar-refractivity contribution >= 4 is 40.6 Å². The number of methoxy groups -OCH3 is 1. The van der Waals surface area contributed by atoms with E-state index in [0.29, 0.717) is 33.0 Å². The summed E-state index contributed by atoms with van der Waals surface area (Å²) in [5, 5.41) is 8.31. The molecule has 0 saturated carbocycles. The number of rotatable bonds is 5.